The van der Waals surface area contributed by atoms with Gasteiger partial charge >= 0.3 is 0 Å². The van der Waals surface area contributed by atoms with Crippen LogP contribution < -0.4 is 10.9 Å². The minimum Gasteiger partial charge on any atom is -0.384 e. The first kappa shape index (κ1) is 7.37. The van der Waals surface area contributed by atoms with Gasteiger partial charge in [-0.15, -0.1) is 0 Å². The van der Waals surface area contributed by atoms with E-state index in [9.17, 15) is 0 Å². The average molecular weight is 155 g/mol. The third-order valence-electron chi connectivity index (χ3n) is 1.10. The lowest BCUT2D eigenvalue weighted by molar-refractivity contribution is 1.28. The smallest absolute Gasteiger partial charge is 0.123 e. The highest BCUT2D eigenvalue weighted by Crippen LogP contribution is 2.07. The molecular formula is C6H9N3S. The molecule has 1 aromatic heterocycles. The van der Waals surface area contributed by atoms with Crippen LogP contribution in [-0.4, -0.2) is 4.98 Å². The normalized spacial score (nSPS) is 9.70. The Balaban J connectivity index is 2.75. The highest BCUT2D eigenvalue weighted by atomic mass is 32.2. The van der Waals surface area contributed by atoms with Crippen LogP contribution in [0.25, 0.3) is 0 Å². The summed E-state index contributed by atoms with van der Waals surface area (Å²) in [4.78, 5) is 3.85. The fraction of sp³-hybridized carbons (Fsp3) is 0.167. The second-order valence-corrected chi connectivity index (χ2v) is 2.52. The largest absolute Gasteiger partial charge is 0.384 e. The fourth-order valence-corrected chi connectivity index (χ4v) is 1.05. The van der Waals surface area contributed by atoms with Crippen LogP contribution in [0.1, 0.15) is 5.56 Å². The minimum absolute atomic E-state index is 0.548. The number of anilines is 1. The number of aromatic nitrogens is 1. The summed E-state index contributed by atoms with van der Waals surface area (Å²) >= 11 is 1.28. The Bertz CT molecular complexity index is 214. The van der Waals surface area contributed by atoms with Gasteiger partial charge in [0, 0.05) is 11.9 Å². The minimum atomic E-state index is 0.548. The van der Waals surface area contributed by atoms with Gasteiger partial charge in [-0.25, -0.2) is 4.98 Å². The number of nitrogens with zero attached hydrogens (tertiary/aromatic N) is 1. The third-order valence-corrected chi connectivity index (χ3v) is 1.60. The van der Waals surface area contributed by atoms with Gasteiger partial charge in [0.1, 0.15) is 5.82 Å². The molecule has 0 spiro atoms. The van der Waals surface area contributed by atoms with Crippen LogP contribution in [-0.2, 0) is 5.75 Å². The molecule has 3 nitrogen and oxygen atoms in total. The fourth-order valence-electron chi connectivity index (χ4n) is 0.680. The molecule has 0 aliphatic heterocycles. The van der Waals surface area contributed by atoms with Gasteiger partial charge < -0.3 is 5.73 Å². The molecule has 1 heterocycles. The van der Waals surface area contributed by atoms with Crippen LogP contribution in [0.5, 0.6) is 0 Å². The molecule has 0 unspecified atom stereocenters. The van der Waals surface area contributed by atoms with Crippen molar-refractivity contribution in [1.29, 1.82) is 0 Å². The number of rotatable bonds is 2. The van der Waals surface area contributed by atoms with Crippen molar-refractivity contribution in [2.45, 2.75) is 5.75 Å². The Morgan fingerprint density at radius 1 is 1.60 bits per heavy atom. The first-order valence-corrected chi connectivity index (χ1v) is 3.90. The highest BCUT2D eigenvalue weighted by molar-refractivity contribution is 7.96. The molecule has 4 heteroatoms. The molecule has 4 N–H and O–H groups in total. The van der Waals surface area contributed by atoms with E-state index in [1.165, 1.54) is 11.9 Å². The van der Waals surface area contributed by atoms with Gasteiger partial charge in [0.15, 0.2) is 0 Å². The molecule has 0 saturated carbocycles. The number of nitrogen functional groups attached to an aromatic ring is 1. The molecule has 54 valence electrons. The Kier molecular flexibility index (Phi) is 2.53. The van der Waals surface area contributed by atoms with Crippen molar-refractivity contribution < 1.29 is 0 Å². The molecule has 0 radical (unpaired) electrons. The molecular weight excluding hydrogens is 146 g/mol. The zero-order valence-electron chi connectivity index (χ0n) is 5.45. The van der Waals surface area contributed by atoms with Crippen molar-refractivity contribution in [2.75, 3.05) is 5.73 Å². The molecule has 1 rings (SSSR count). The zero-order valence-corrected chi connectivity index (χ0v) is 6.27. The lowest BCUT2D eigenvalue weighted by Gasteiger charge is -1.96. The van der Waals surface area contributed by atoms with Crippen LogP contribution in [0.2, 0.25) is 0 Å². The van der Waals surface area contributed by atoms with Crippen molar-refractivity contribution in [3.05, 3.63) is 23.9 Å². The number of hydrogen-bond acceptors (Lipinski definition) is 4. The van der Waals surface area contributed by atoms with Crippen molar-refractivity contribution in [2.24, 2.45) is 5.14 Å². The highest BCUT2D eigenvalue weighted by Gasteiger charge is 1.91. The summed E-state index contributed by atoms with van der Waals surface area (Å²) in [6, 6.07) is 3.72. The Morgan fingerprint density at radius 3 is 3.00 bits per heavy atom. The molecule has 0 fully saturated rings. The van der Waals surface area contributed by atoms with E-state index in [0.717, 1.165) is 11.3 Å². The molecule has 0 aliphatic carbocycles. The molecule has 10 heavy (non-hydrogen) atoms. The van der Waals surface area contributed by atoms with Crippen molar-refractivity contribution in [1.82, 2.24) is 4.98 Å². The van der Waals surface area contributed by atoms with Crippen molar-refractivity contribution in [3.63, 3.8) is 0 Å². The van der Waals surface area contributed by atoms with Gasteiger partial charge in [0.05, 0.1) is 0 Å². The molecule has 0 atom stereocenters. The summed E-state index contributed by atoms with van der Waals surface area (Å²) in [5, 5.41) is 5.27. The van der Waals surface area contributed by atoms with Gasteiger partial charge in [-0.2, -0.15) is 0 Å². The van der Waals surface area contributed by atoms with Crippen LogP contribution >= 0.6 is 11.9 Å². The van der Waals surface area contributed by atoms with E-state index in [0.29, 0.717) is 5.82 Å². The van der Waals surface area contributed by atoms with Crippen LogP contribution in [0, 0.1) is 0 Å². The van der Waals surface area contributed by atoms with Gasteiger partial charge in [-0.05, 0) is 17.7 Å². The van der Waals surface area contributed by atoms with E-state index >= 15 is 0 Å². The molecule has 0 aliphatic rings. The second-order valence-electron chi connectivity index (χ2n) is 1.90. The summed E-state index contributed by atoms with van der Waals surface area (Å²) in [5.41, 5.74) is 6.54. The molecule has 0 bridgehead atoms. The van der Waals surface area contributed by atoms with E-state index in [1.54, 1.807) is 6.20 Å². The first-order valence-electron chi connectivity index (χ1n) is 2.85. The van der Waals surface area contributed by atoms with Gasteiger partial charge in [0.25, 0.3) is 0 Å². The molecule has 0 saturated heterocycles. The van der Waals surface area contributed by atoms with Crippen molar-refractivity contribution in [3.8, 4) is 0 Å². The summed E-state index contributed by atoms with van der Waals surface area (Å²) in [6.07, 6.45) is 1.68. The van der Waals surface area contributed by atoms with E-state index in [2.05, 4.69) is 4.98 Å². The van der Waals surface area contributed by atoms with Gasteiger partial charge in [0.2, 0.25) is 0 Å². The van der Waals surface area contributed by atoms with Crippen LogP contribution in [0.15, 0.2) is 18.3 Å². The number of pyridine rings is 1. The predicted molar refractivity (Wildman–Crippen MR) is 44.1 cm³/mol. The monoisotopic (exact) mass is 155 g/mol. The lowest BCUT2D eigenvalue weighted by atomic mass is 10.3. The topological polar surface area (TPSA) is 64.9 Å². The molecule has 1 aromatic rings. The van der Waals surface area contributed by atoms with Crippen molar-refractivity contribution >= 4 is 17.8 Å². The maximum Gasteiger partial charge on any atom is 0.123 e. The number of hydrogen-bond donors (Lipinski definition) is 2. The van der Waals surface area contributed by atoms with Gasteiger partial charge in [-0.1, -0.05) is 11.9 Å². The van der Waals surface area contributed by atoms with Crippen LogP contribution in [0.4, 0.5) is 5.82 Å². The zero-order chi connectivity index (χ0) is 7.40. The summed E-state index contributed by atoms with van der Waals surface area (Å²) < 4.78 is 0. The van der Waals surface area contributed by atoms with E-state index < -0.39 is 0 Å². The maximum atomic E-state index is 5.43. The second kappa shape index (κ2) is 3.43. The summed E-state index contributed by atoms with van der Waals surface area (Å²) in [6.45, 7) is 0. The molecule has 0 amide bonds. The third kappa shape index (κ3) is 1.89. The Morgan fingerprint density at radius 2 is 2.40 bits per heavy atom. The summed E-state index contributed by atoms with van der Waals surface area (Å²) in [7, 11) is 0. The SMILES string of the molecule is NSCc1ccnc(N)c1. The Hall–Kier alpha value is -0.740. The maximum absolute atomic E-state index is 5.43. The van der Waals surface area contributed by atoms with Crippen LogP contribution in [0.3, 0.4) is 0 Å². The van der Waals surface area contributed by atoms with E-state index in [-0.39, 0.29) is 0 Å². The number of nitrogens with two attached hydrogens (primary N) is 2. The van der Waals surface area contributed by atoms with E-state index in [1.807, 2.05) is 12.1 Å². The standard InChI is InChI=1S/C6H9N3S/c7-6-3-5(4-10-8)1-2-9-6/h1-3H,4,8H2,(H2,7,9). The lowest BCUT2D eigenvalue weighted by Crippen LogP contribution is -1.91. The predicted octanol–water partition coefficient (Wildman–Crippen LogP) is 0.771. The van der Waals surface area contributed by atoms with Gasteiger partial charge in [-0.3, -0.25) is 5.14 Å². The summed E-state index contributed by atoms with van der Waals surface area (Å²) in [5.74, 6) is 1.33. The van der Waals surface area contributed by atoms with E-state index in [4.69, 9.17) is 10.9 Å². The molecule has 0 aromatic carbocycles. The average Bonchev–Trinajstić information content (AvgIpc) is 1.88. The Labute approximate surface area is 64.0 Å². The quantitative estimate of drug-likeness (QED) is 0.619. The first-order chi connectivity index (χ1) is 4.83.